The number of nitrogens with zero attached hydrogens (tertiary/aromatic N) is 2. The summed E-state index contributed by atoms with van der Waals surface area (Å²) in [6, 6.07) is 22.7. The third-order valence-electron chi connectivity index (χ3n) is 7.32. The van der Waals surface area contributed by atoms with Gasteiger partial charge >= 0.3 is 5.97 Å². The van der Waals surface area contributed by atoms with Crippen LogP contribution in [0.25, 0.3) is 28.2 Å². The summed E-state index contributed by atoms with van der Waals surface area (Å²) in [5.74, 6) is 0.511. The molecule has 1 atom stereocenters. The molecule has 2 aromatic heterocycles. The maximum absolute atomic E-state index is 14.3. The fourth-order valence-corrected chi connectivity index (χ4v) is 6.44. The highest BCUT2D eigenvalue weighted by atomic mass is 32.1. The number of thiazole rings is 1. The van der Waals surface area contributed by atoms with Crippen molar-refractivity contribution in [2.24, 2.45) is 4.99 Å². The lowest BCUT2D eigenvalue weighted by molar-refractivity contribution is -0.139. The zero-order valence-electron chi connectivity index (χ0n) is 23.6. The molecule has 3 aromatic carbocycles. The number of hydrogen-bond donors (Lipinski definition) is 1. The third-order valence-corrected chi connectivity index (χ3v) is 8.31. The molecule has 0 amide bonds. The first kappa shape index (κ1) is 27.3. The molecule has 0 unspecified atom stereocenters. The predicted octanol–water partition coefficient (Wildman–Crippen LogP) is 4.96. The van der Waals surface area contributed by atoms with Crippen molar-refractivity contribution in [2.45, 2.75) is 19.9 Å². The summed E-state index contributed by atoms with van der Waals surface area (Å²) in [6.45, 7) is 3.71. The van der Waals surface area contributed by atoms with Gasteiger partial charge in [-0.25, -0.2) is 9.79 Å². The summed E-state index contributed by atoms with van der Waals surface area (Å²) in [5, 5.41) is 1.00. The summed E-state index contributed by atoms with van der Waals surface area (Å²) in [4.78, 5) is 36.3. The second kappa shape index (κ2) is 11.2. The van der Waals surface area contributed by atoms with E-state index < -0.39 is 12.0 Å². The quantitative estimate of drug-likeness (QED) is 0.275. The van der Waals surface area contributed by atoms with E-state index in [1.54, 1.807) is 44.8 Å². The molecule has 1 aliphatic rings. The van der Waals surface area contributed by atoms with Gasteiger partial charge in [-0.2, -0.15) is 0 Å². The van der Waals surface area contributed by atoms with E-state index in [0.717, 1.165) is 27.7 Å². The van der Waals surface area contributed by atoms with Crippen LogP contribution in [0.5, 0.6) is 11.5 Å². The van der Waals surface area contributed by atoms with Crippen LogP contribution in [-0.4, -0.2) is 36.3 Å². The highest BCUT2D eigenvalue weighted by Gasteiger charge is 2.34. The highest BCUT2D eigenvalue weighted by molar-refractivity contribution is 7.07. The Hall–Kier alpha value is -4.89. The van der Waals surface area contributed by atoms with E-state index in [-0.39, 0.29) is 12.2 Å². The number of H-pyrrole nitrogens is 1. The number of methoxy groups -OCH3 is 2. The molecule has 5 aromatic rings. The molecule has 0 saturated carbocycles. The standard InChI is InChI=1S/C33H29N3O5S/c1-5-41-32(38)28-19(2)34-33-36(30(28)21-15-16-25(39-3)26(17-21)40-4)31(37)27(42-33)18-23-22-13-9-10-14-24(22)35-29(23)20-11-7-6-8-12-20/h6-18,30,35H,5H2,1-4H3/b27-18+/t30-/m0/s1. The van der Waals surface area contributed by atoms with Gasteiger partial charge in [0.15, 0.2) is 16.3 Å². The largest absolute Gasteiger partial charge is 0.493 e. The van der Waals surface area contributed by atoms with Crippen LogP contribution in [0.2, 0.25) is 0 Å². The van der Waals surface area contributed by atoms with E-state index in [4.69, 9.17) is 19.2 Å². The number of para-hydroxylation sites is 1. The summed E-state index contributed by atoms with van der Waals surface area (Å²) in [7, 11) is 3.11. The molecule has 0 fully saturated rings. The van der Waals surface area contributed by atoms with E-state index in [2.05, 4.69) is 4.98 Å². The van der Waals surface area contributed by atoms with Gasteiger partial charge in [-0.05, 0) is 49.2 Å². The summed E-state index contributed by atoms with van der Waals surface area (Å²) < 4.78 is 18.5. The van der Waals surface area contributed by atoms with Gasteiger partial charge < -0.3 is 19.2 Å². The van der Waals surface area contributed by atoms with Crippen LogP contribution in [0.3, 0.4) is 0 Å². The Morgan fingerprint density at radius 1 is 1.02 bits per heavy atom. The predicted molar refractivity (Wildman–Crippen MR) is 164 cm³/mol. The minimum absolute atomic E-state index is 0.196. The number of esters is 1. The van der Waals surface area contributed by atoms with E-state index in [1.807, 2.05) is 66.7 Å². The number of carbonyl (C=O) groups is 1. The van der Waals surface area contributed by atoms with Crippen LogP contribution in [0.4, 0.5) is 0 Å². The van der Waals surface area contributed by atoms with Gasteiger partial charge in [-0.15, -0.1) is 0 Å². The second-order valence-electron chi connectivity index (χ2n) is 9.74. The van der Waals surface area contributed by atoms with Gasteiger partial charge in [0, 0.05) is 16.5 Å². The average Bonchev–Trinajstić information content (AvgIpc) is 3.53. The Labute approximate surface area is 245 Å². The van der Waals surface area contributed by atoms with E-state index in [1.165, 1.54) is 11.3 Å². The van der Waals surface area contributed by atoms with Crippen LogP contribution >= 0.6 is 11.3 Å². The Morgan fingerprint density at radius 3 is 2.50 bits per heavy atom. The number of fused-ring (bicyclic) bond motifs is 2. The molecule has 212 valence electrons. The molecule has 0 spiro atoms. The summed E-state index contributed by atoms with van der Waals surface area (Å²) in [5.41, 5.74) is 5.04. The van der Waals surface area contributed by atoms with E-state index >= 15 is 0 Å². The second-order valence-corrected chi connectivity index (χ2v) is 10.8. The van der Waals surface area contributed by atoms with Gasteiger partial charge in [0.1, 0.15) is 0 Å². The number of nitrogens with one attached hydrogen (secondary N) is 1. The molecular weight excluding hydrogens is 550 g/mol. The Bertz CT molecular complexity index is 2040. The Morgan fingerprint density at radius 2 is 1.76 bits per heavy atom. The van der Waals surface area contributed by atoms with Crippen molar-refractivity contribution in [3.05, 3.63) is 115 Å². The number of hydrogen-bond acceptors (Lipinski definition) is 7. The summed E-state index contributed by atoms with van der Waals surface area (Å²) in [6.07, 6.45) is 1.92. The fraction of sp³-hybridized carbons (Fsp3) is 0.182. The zero-order chi connectivity index (χ0) is 29.4. The molecule has 0 saturated heterocycles. The minimum atomic E-state index is -0.765. The van der Waals surface area contributed by atoms with E-state index in [0.29, 0.717) is 37.7 Å². The Kier molecular flexibility index (Phi) is 7.26. The smallest absolute Gasteiger partial charge is 0.338 e. The molecular formula is C33H29N3O5S. The van der Waals surface area contributed by atoms with Crippen LogP contribution in [0, 0.1) is 0 Å². The van der Waals surface area contributed by atoms with Gasteiger partial charge in [-0.1, -0.05) is 65.9 Å². The van der Waals surface area contributed by atoms with Crippen molar-refractivity contribution in [1.29, 1.82) is 0 Å². The third kappa shape index (κ3) is 4.61. The molecule has 1 N–H and O–H groups in total. The first-order chi connectivity index (χ1) is 20.4. The van der Waals surface area contributed by atoms with Crippen LogP contribution in [0.15, 0.2) is 93.9 Å². The molecule has 0 bridgehead atoms. The van der Waals surface area contributed by atoms with Crippen molar-refractivity contribution in [3.63, 3.8) is 0 Å². The summed E-state index contributed by atoms with van der Waals surface area (Å²) >= 11 is 1.29. The lowest BCUT2D eigenvalue weighted by Gasteiger charge is -2.25. The molecule has 3 heterocycles. The Balaban J connectivity index is 1.61. The number of rotatable bonds is 7. The first-order valence-electron chi connectivity index (χ1n) is 13.5. The first-order valence-corrected chi connectivity index (χ1v) is 14.3. The molecule has 1 aliphatic heterocycles. The lowest BCUT2D eigenvalue weighted by atomic mass is 9.95. The van der Waals surface area contributed by atoms with Crippen LogP contribution < -0.4 is 24.4 Å². The van der Waals surface area contributed by atoms with Crippen molar-refractivity contribution in [2.75, 3.05) is 20.8 Å². The zero-order valence-corrected chi connectivity index (χ0v) is 24.5. The maximum atomic E-state index is 14.3. The highest BCUT2D eigenvalue weighted by Crippen LogP contribution is 2.36. The number of aromatic amines is 1. The maximum Gasteiger partial charge on any atom is 0.338 e. The number of benzene rings is 3. The van der Waals surface area contributed by atoms with Crippen molar-refractivity contribution >= 4 is 34.3 Å². The van der Waals surface area contributed by atoms with Crippen LogP contribution in [0.1, 0.15) is 31.0 Å². The van der Waals surface area contributed by atoms with Crippen molar-refractivity contribution in [3.8, 4) is 22.8 Å². The number of ether oxygens (including phenoxy) is 3. The van der Waals surface area contributed by atoms with Crippen molar-refractivity contribution < 1.29 is 19.0 Å². The topological polar surface area (TPSA) is 94.9 Å². The minimum Gasteiger partial charge on any atom is -0.493 e. The number of carbonyl (C=O) groups excluding carboxylic acids is 1. The number of allylic oxidation sites excluding steroid dienone is 1. The van der Waals surface area contributed by atoms with Crippen molar-refractivity contribution in [1.82, 2.24) is 9.55 Å². The SMILES string of the molecule is CCOC(=O)C1=C(C)N=c2s/c(=C/c3c(-c4ccccc4)[nH]c4ccccc34)c(=O)n2[C@H]1c1ccc(OC)c(OC)c1. The van der Waals surface area contributed by atoms with Crippen LogP contribution in [-0.2, 0) is 9.53 Å². The normalized spacial score (nSPS) is 15.0. The van der Waals surface area contributed by atoms with Gasteiger partial charge in [0.25, 0.3) is 5.56 Å². The van der Waals surface area contributed by atoms with Gasteiger partial charge in [-0.3, -0.25) is 9.36 Å². The molecule has 0 aliphatic carbocycles. The lowest BCUT2D eigenvalue weighted by Crippen LogP contribution is -2.40. The molecule has 0 radical (unpaired) electrons. The molecule has 6 rings (SSSR count). The van der Waals surface area contributed by atoms with Gasteiger partial charge in [0.2, 0.25) is 0 Å². The molecule has 8 nitrogen and oxygen atoms in total. The van der Waals surface area contributed by atoms with E-state index in [9.17, 15) is 9.59 Å². The molecule has 42 heavy (non-hydrogen) atoms. The van der Waals surface area contributed by atoms with Gasteiger partial charge in [0.05, 0.1) is 48.4 Å². The molecule has 9 heteroatoms. The monoisotopic (exact) mass is 579 g/mol. The average molecular weight is 580 g/mol. The number of aromatic nitrogens is 2. The fourth-order valence-electron chi connectivity index (χ4n) is 5.41.